The molecule has 0 spiro atoms. The smallest absolute Gasteiger partial charge is 0.366 e. The zero-order valence-corrected chi connectivity index (χ0v) is 46.0. The number of carbonyl (C=O) groups excluding carboxylic acids is 8. The molecule has 1 aromatic heterocycles. The molecule has 3 fully saturated rings. The van der Waals surface area contributed by atoms with Gasteiger partial charge < -0.3 is 35.0 Å². The third-order valence-electron chi connectivity index (χ3n) is 14.8. The van der Waals surface area contributed by atoms with Gasteiger partial charge in [0.05, 0.1) is 22.1 Å². The van der Waals surface area contributed by atoms with E-state index >= 15 is 0 Å². The first-order chi connectivity index (χ1) is 37.5. The molecule has 5 N–H and O–H groups in total. The van der Waals surface area contributed by atoms with Gasteiger partial charge in [-0.1, -0.05) is 94.7 Å². The number of amides is 8. The van der Waals surface area contributed by atoms with Gasteiger partial charge in [0.1, 0.15) is 24.7 Å². The minimum absolute atomic E-state index is 0.0316. The van der Waals surface area contributed by atoms with Crippen LogP contribution in [0.15, 0.2) is 72.8 Å². The summed E-state index contributed by atoms with van der Waals surface area (Å²) in [7, 11) is -5.85. The fourth-order valence-electron chi connectivity index (χ4n) is 10.5. The van der Waals surface area contributed by atoms with Gasteiger partial charge in [-0.25, -0.2) is 0 Å². The molecule has 79 heavy (non-hydrogen) atoms. The van der Waals surface area contributed by atoms with Crippen molar-refractivity contribution in [3.63, 3.8) is 0 Å². The minimum atomic E-state index is -5.85. The summed E-state index contributed by atoms with van der Waals surface area (Å²) in [6.07, 6.45) is 7.13. The second-order valence-electron chi connectivity index (χ2n) is 21.7. The molecule has 4 aromatic rings. The lowest BCUT2D eigenvalue weighted by Gasteiger charge is -2.38. The average Bonchev–Trinajstić information content (AvgIpc) is 4.17. The molecule has 4 aliphatic heterocycles. The molecule has 4 aliphatic rings. The predicted octanol–water partition coefficient (Wildman–Crippen LogP) is 6.96. The molecule has 3 saturated heterocycles. The van der Waals surface area contributed by atoms with E-state index in [4.69, 9.17) is 4.74 Å². The zero-order valence-electron chi connectivity index (χ0n) is 44.3. The number of benzene rings is 3. The standard InChI is InChI=1S/C57H65F2N6O12PS/c1-56(2,3)49(62-51(69)46-30-38-29-39(21-24-45(38)79-46)57(58,59)78(74,75)76)55(73)64-33-40(31-44(64)54(72)63-27-15-19-37(32-63)36-17-12-10-13-18-36)77-34-48(67)60-26-14-9-7-5-4-6-8-11-16-35-20-22-41-42(28-35)53(71)65(52(41)70)43-23-25-47(66)61-50(43)68/h10,12-13,17-18,20-22,24,28-30,37,40,43-44,49H,4-9,14-15,19,23,25-27,31-34H2,1-3H3,(H,60,67)(H,62,69)(H,61,66,68)(H2,74,75,76)/t37-,40-,43?,44-,49?/m0/s1. The van der Waals surface area contributed by atoms with Crippen LogP contribution in [0.1, 0.15) is 151 Å². The molecule has 3 aromatic carbocycles. The zero-order chi connectivity index (χ0) is 56.8. The molecule has 8 rings (SSSR count). The molecular formula is C57H65F2N6O12PS. The number of unbranched alkanes of at least 4 members (excludes halogenated alkanes) is 6. The second-order valence-corrected chi connectivity index (χ2v) is 24.4. The Morgan fingerprint density at radius 1 is 0.886 bits per heavy atom. The first-order valence-corrected chi connectivity index (χ1v) is 29.1. The number of rotatable bonds is 19. The van der Waals surface area contributed by atoms with Crippen LogP contribution < -0.4 is 16.0 Å². The van der Waals surface area contributed by atoms with Crippen LogP contribution in [0.3, 0.4) is 0 Å². The Hall–Kier alpha value is -6.69. The number of nitrogens with one attached hydrogen (secondary N) is 3. The number of fused-ring (bicyclic) bond motifs is 2. The van der Waals surface area contributed by atoms with Crippen LogP contribution in [0, 0.1) is 17.3 Å². The average molecular weight is 1130 g/mol. The van der Waals surface area contributed by atoms with Crippen LogP contribution in [-0.4, -0.2) is 129 Å². The van der Waals surface area contributed by atoms with Crippen LogP contribution in [0.5, 0.6) is 0 Å². The van der Waals surface area contributed by atoms with Crippen molar-refractivity contribution in [2.45, 2.75) is 134 Å². The second kappa shape index (κ2) is 24.8. The number of carbonyl (C=O) groups is 8. The maximum Gasteiger partial charge on any atom is 0.399 e. The van der Waals surface area contributed by atoms with E-state index in [0.717, 1.165) is 85.3 Å². The first-order valence-electron chi connectivity index (χ1n) is 26.7. The normalized spacial score (nSPS) is 20.2. The summed E-state index contributed by atoms with van der Waals surface area (Å²) in [5.74, 6) is 2.18. The topological polar surface area (TPSA) is 249 Å². The van der Waals surface area contributed by atoms with Crippen LogP contribution in [-0.2, 0) is 38.9 Å². The van der Waals surface area contributed by atoms with Gasteiger partial charge in [-0.3, -0.25) is 53.1 Å². The van der Waals surface area contributed by atoms with Gasteiger partial charge in [0.15, 0.2) is 0 Å². The molecule has 0 radical (unpaired) electrons. The molecule has 420 valence electrons. The number of hydrogen-bond acceptors (Lipinski definition) is 11. The summed E-state index contributed by atoms with van der Waals surface area (Å²) >= 11 is 0.954. The third-order valence-corrected chi connectivity index (χ3v) is 17.0. The molecule has 0 saturated carbocycles. The lowest BCUT2D eigenvalue weighted by molar-refractivity contribution is -0.147. The molecule has 18 nitrogen and oxygen atoms in total. The van der Waals surface area contributed by atoms with Crippen molar-refractivity contribution in [2.75, 3.05) is 32.8 Å². The highest BCUT2D eigenvalue weighted by molar-refractivity contribution is 7.52. The Bertz CT molecular complexity index is 3130. The first kappa shape index (κ1) is 58.5. The number of piperidine rings is 2. The molecule has 2 unspecified atom stereocenters. The van der Waals surface area contributed by atoms with E-state index in [9.17, 15) is 61.5 Å². The van der Waals surface area contributed by atoms with Gasteiger partial charge in [-0.05, 0) is 84.9 Å². The Morgan fingerprint density at radius 3 is 2.33 bits per heavy atom. The van der Waals surface area contributed by atoms with Crippen LogP contribution in [0.4, 0.5) is 8.78 Å². The van der Waals surface area contributed by atoms with E-state index in [1.54, 1.807) is 37.8 Å². The quantitative estimate of drug-likeness (QED) is 0.0277. The van der Waals surface area contributed by atoms with Gasteiger partial charge in [-0.15, -0.1) is 11.3 Å². The van der Waals surface area contributed by atoms with Crippen molar-refractivity contribution in [1.82, 2.24) is 30.7 Å². The molecule has 8 amide bonds. The van der Waals surface area contributed by atoms with Gasteiger partial charge >= 0.3 is 13.3 Å². The summed E-state index contributed by atoms with van der Waals surface area (Å²) < 4.78 is 47.3. The maximum absolute atomic E-state index is 14.8. The largest absolute Gasteiger partial charge is 0.399 e. The number of alkyl halides is 2. The van der Waals surface area contributed by atoms with Crippen molar-refractivity contribution in [3.8, 4) is 11.8 Å². The molecule has 0 aliphatic carbocycles. The molecule has 0 bridgehead atoms. The maximum atomic E-state index is 14.8. The van der Waals surface area contributed by atoms with Crippen LogP contribution >= 0.6 is 18.9 Å². The van der Waals surface area contributed by atoms with Crippen molar-refractivity contribution < 1.29 is 66.2 Å². The number of likely N-dealkylation sites (tertiary alicyclic amines) is 2. The van der Waals surface area contributed by atoms with Gasteiger partial charge in [0, 0.05) is 67.2 Å². The fourth-order valence-corrected chi connectivity index (χ4v) is 12.0. The van der Waals surface area contributed by atoms with E-state index in [0.29, 0.717) is 36.3 Å². The summed E-state index contributed by atoms with van der Waals surface area (Å²) in [5, 5.41) is 8.07. The van der Waals surface area contributed by atoms with Gasteiger partial charge in [-0.2, -0.15) is 8.78 Å². The molecule has 22 heteroatoms. The number of halogens is 2. The Kier molecular flexibility index (Phi) is 18.3. The van der Waals surface area contributed by atoms with Gasteiger partial charge in [0.2, 0.25) is 29.5 Å². The Balaban J connectivity index is 0.811. The Labute approximate surface area is 460 Å². The van der Waals surface area contributed by atoms with Crippen LogP contribution in [0.25, 0.3) is 10.1 Å². The monoisotopic (exact) mass is 1130 g/mol. The van der Waals surface area contributed by atoms with Gasteiger partial charge in [0.25, 0.3) is 17.7 Å². The van der Waals surface area contributed by atoms with E-state index in [2.05, 4.69) is 27.8 Å². The summed E-state index contributed by atoms with van der Waals surface area (Å²) in [4.78, 5) is 129. The van der Waals surface area contributed by atoms with E-state index in [1.807, 2.05) is 30.3 Å². The SMILES string of the molecule is CC(C)(C)C(NC(=O)c1cc2cc(C(F)(F)P(=O)(O)O)ccc2s1)C(=O)N1C[C@@H](OCC(=O)NCCCCCCCCC#Cc2ccc3c(c2)C(=O)N(C2CCC(=O)NC2=O)C3=O)C[C@H]1C(=O)N1CCC[C@H](c2ccccc2)C1. The fraction of sp³-hybridized carbons (Fsp3) is 0.474. The Morgan fingerprint density at radius 2 is 1.61 bits per heavy atom. The molecular weight excluding hydrogens is 1060 g/mol. The molecule has 5 heterocycles. The summed E-state index contributed by atoms with van der Waals surface area (Å²) in [6, 6.07) is 15.9. The highest BCUT2D eigenvalue weighted by atomic mass is 32.1. The number of nitrogens with zero attached hydrogens (tertiary/aromatic N) is 3. The van der Waals surface area contributed by atoms with E-state index < -0.39 is 83.9 Å². The summed E-state index contributed by atoms with van der Waals surface area (Å²) in [6.45, 7) is 6.30. The highest BCUT2D eigenvalue weighted by Crippen LogP contribution is 2.59. The molecule has 5 atom stereocenters. The van der Waals surface area contributed by atoms with E-state index in [1.165, 1.54) is 23.1 Å². The number of ether oxygens (including phenoxy) is 1. The highest BCUT2D eigenvalue weighted by Gasteiger charge is 2.51. The van der Waals surface area contributed by atoms with Crippen molar-refractivity contribution in [1.29, 1.82) is 0 Å². The lowest BCUT2D eigenvalue weighted by atomic mass is 9.85. The van der Waals surface area contributed by atoms with Crippen molar-refractivity contribution >= 4 is 76.3 Å². The summed E-state index contributed by atoms with van der Waals surface area (Å²) in [5.41, 5.74) is -4.20. The number of imide groups is 2. The van der Waals surface area contributed by atoms with Crippen molar-refractivity contribution in [2.24, 2.45) is 5.41 Å². The number of hydrogen-bond donors (Lipinski definition) is 5. The van der Waals surface area contributed by atoms with Crippen molar-refractivity contribution in [3.05, 3.63) is 105 Å². The third kappa shape index (κ3) is 13.7. The predicted molar refractivity (Wildman–Crippen MR) is 289 cm³/mol. The lowest BCUT2D eigenvalue weighted by Crippen LogP contribution is -2.58. The van der Waals surface area contributed by atoms with Crippen LogP contribution in [0.2, 0.25) is 0 Å². The minimum Gasteiger partial charge on any atom is -0.366 e. The number of thiophene rings is 1. The van der Waals surface area contributed by atoms with E-state index in [-0.39, 0.29) is 71.5 Å².